The molecule has 2 amide bonds. The molecule has 0 saturated carbocycles. The zero-order valence-corrected chi connectivity index (χ0v) is 19.1. The molecule has 0 saturated heterocycles. The summed E-state index contributed by atoms with van der Waals surface area (Å²) in [6.45, 7) is 5.93. The van der Waals surface area contributed by atoms with E-state index in [2.05, 4.69) is 5.32 Å². The molecule has 0 fully saturated rings. The third-order valence-electron chi connectivity index (χ3n) is 5.81. The molecule has 1 N–H and O–H groups in total. The number of ether oxygens (including phenoxy) is 2. The first-order valence-corrected chi connectivity index (χ1v) is 10.8. The number of anilines is 2. The van der Waals surface area contributed by atoms with Crippen LogP contribution >= 0.6 is 11.6 Å². The summed E-state index contributed by atoms with van der Waals surface area (Å²) < 4.78 is 10.8. The molecule has 0 radical (unpaired) electrons. The third-order valence-corrected chi connectivity index (χ3v) is 6.04. The normalized spacial score (nSPS) is 15.0. The van der Waals surface area contributed by atoms with E-state index in [-0.39, 0.29) is 12.5 Å². The van der Waals surface area contributed by atoms with Gasteiger partial charge in [-0.15, -0.1) is 0 Å². The topological polar surface area (TPSA) is 67.9 Å². The Labute approximate surface area is 196 Å². The van der Waals surface area contributed by atoms with E-state index >= 15 is 0 Å². The first-order chi connectivity index (χ1) is 15.8. The molecule has 2 heterocycles. The Balaban J connectivity index is 1.65. The van der Waals surface area contributed by atoms with Gasteiger partial charge in [0.1, 0.15) is 5.70 Å². The number of hydrogen-bond donors (Lipinski definition) is 1. The molecule has 7 heteroatoms. The van der Waals surface area contributed by atoms with E-state index < -0.39 is 11.8 Å². The number of nitrogens with zero attached hydrogens (tertiary/aromatic N) is 1. The van der Waals surface area contributed by atoms with Crippen molar-refractivity contribution in [3.05, 3.63) is 87.6 Å². The predicted molar refractivity (Wildman–Crippen MR) is 128 cm³/mol. The van der Waals surface area contributed by atoms with Gasteiger partial charge in [0.05, 0.1) is 11.3 Å². The molecule has 0 unspecified atom stereocenters. The highest BCUT2D eigenvalue weighted by Gasteiger charge is 2.41. The lowest BCUT2D eigenvalue weighted by Crippen LogP contribution is -2.32. The highest BCUT2D eigenvalue weighted by molar-refractivity contribution is 6.46. The van der Waals surface area contributed by atoms with Crippen LogP contribution < -0.4 is 19.7 Å². The number of carbonyl (C=O) groups is 2. The van der Waals surface area contributed by atoms with E-state index in [0.717, 1.165) is 16.7 Å². The van der Waals surface area contributed by atoms with E-state index in [1.807, 2.05) is 45.0 Å². The van der Waals surface area contributed by atoms with Crippen LogP contribution in [0.2, 0.25) is 5.02 Å². The molecule has 0 aromatic heterocycles. The fourth-order valence-electron chi connectivity index (χ4n) is 4.11. The van der Waals surface area contributed by atoms with Crippen LogP contribution in [0.5, 0.6) is 11.5 Å². The van der Waals surface area contributed by atoms with Gasteiger partial charge in [-0.3, -0.25) is 9.59 Å². The Morgan fingerprint density at radius 3 is 2.42 bits per heavy atom. The van der Waals surface area contributed by atoms with Crippen molar-refractivity contribution >= 4 is 40.4 Å². The van der Waals surface area contributed by atoms with Gasteiger partial charge >= 0.3 is 0 Å². The van der Waals surface area contributed by atoms with Crippen LogP contribution in [0.3, 0.4) is 0 Å². The average Bonchev–Trinajstić information content (AvgIpc) is 3.33. The van der Waals surface area contributed by atoms with Gasteiger partial charge in [-0.05, 0) is 61.7 Å². The van der Waals surface area contributed by atoms with Crippen LogP contribution in [0.4, 0.5) is 11.4 Å². The number of benzene rings is 3. The molecule has 3 aromatic carbocycles. The van der Waals surface area contributed by atoms with Gasteiger partial charge in [-0.25, -0.2) is 4.90 Å². The second-order valence-electron chi connectivity index (χ2n) is 8.14. The minimum Gasteiger partial charge on any atom is -0.454 e. The van der Waals surface area contributed by atoms with Gasteiger partial charge in [-0.1, -0.05) is 41.4 Å². The van der Waals surface area contributed by atoms with E-state index in [1.54, 1.807) is 30.3 Å². The molecular formula is C26H21ClN2O4. The van der Waals surface area contributed by atoms with Crippen molar-refractivity contribution in [2.75, 3.05) is 17.0 Å². The quantitative estimate of drug-likeness (QED) is 0.529. The molecule has 3 aromatic rings. The second-order valence-corrected chi connectivity index (χ2v) is 8.57. The van der Waals surface area contributed by atoms with Gasteiger partial charge in [-0.2, -0.15) is 0 Å². The zero-order chi connectivity index (χ0) is 23.3. The Bertz CT molecular complexity index is 1360. The SMILES string of the molecule is Cc1ccc(C2=C(Nc3cc(Cl)ccc3C)C(=O)N(c3ccc4c(c3)OCO4)C2=O)c(C)c1. The second kappa shape index (κ2) is 7.98. The monoisotopic (exact) mass is 460 g/mol. The van der Waals surface area contributed by atoms with Crippen LogP contribution in [0.15, 0.2) is 60.3 Å². The van der Waals surface area contributed by atoms with Gasteiger partial charge in [0.25, 0.3) is 11.8 Å². The van der Waals surface area contributed by atoms with Crippen LogP contribution in [-0.4, -0.2) is 18.6 Å². The number of imide groups is 1. The van der Waals surface area contributed by atoms with Crippen LogP contribution in [0.25, 0.3) is 5.57 Å². The Morgan fingerprint density at radius 1 is 0.848 bits per heavy atom. The third kappa shape index (κ3) is 3.62. The fraction of sp³-hybridized carbons (Fsp3) is 0.154. The van der Waals surface area contributed by atoms with Crippen molar-refractivity contribution in [3.63, 3.8) is 0 Å². The summed E-state index contributed by atoms with van der Waals surface area (Å²) in [5.74, 6) is 0.211. The highest BCUT2D eigenvalue weighted by Crippen LogP contribution is 2.40. The number of rotatable bonds is 4. The maximum Gasteiger partial charge on any atom is 0.282 e. The fourth-order valence-corrected chi connectivity index (χ4v) is 4.28. The molecule has 166 valence electrons. The molecule has 0 spiro atoms. The van der Waals surface area contributed by atoms with Crippen molar-refractivity contribution in [2.24, 2.45) is 0 Å². The standard InChI is InChI=1S/C26H21ClN2O4/c1-14-4-8-19(16(3)10-14)23-24(28-20-11-17(27)6-5-15(20)2)26(31)29(25(23)30)18-7-9-21-22(12-18)33-13-32-21/h4-12,28H,13H2,1-3H3. The molecule has 0 bridgehead atoms. The minimum atomic E-state index is -0.451. The number of amides is 2. The average molecular weight is 461 g/mol. The zero-order valence-electron chi connectivity index (χ0n) is 18.4. The minimum absolute atomic E-state index is 0.105. The van der Waals surface area contributed by atoms with Gasteiger partial charge in [0, 0.05) is 16.8 Å². The molecule has 33 heavy (non-hydrogen) atoms. The lowest BCUT2D eigenvalue weighted by molar-refractivity contribution is -0.120. The van der Waals surface area contributed by atoms with Crippen LogP contribution in [0, 0.1) is 20.8 Å². The van der Waals surface area contributed by atoms with Gasteiger partial charge in [0.15, 0.2) is 11.5 Å². The smallest absolute Gasteiger partial charge is 0.282 e. The van der Waals surface area contributed by atoms with Crippen LogP contribution in [0.1, 0.15) is 22.3 Å². The lowest BCUT2D eigenvalue weighted by atomic mass is 9.97. The van der Waals surface area contributed by atoms with Crippen LogP contribution in [-0.2, 0) is 9.59 Å². The predicted octanol–water partition coefficient (Wildman–Crippen LogP) is 5.39. The first-order valence-electron chi connectivity index (χ1n) is 10.5. The van der Waals surface area contributed by atoms with E-state index in [4.69, 9.17) is 21.1 Å². The Kier molecular flexibility index (Phi) is 5.10. The molecule has 5 rings (SSSR count). The molecule has 0 aliphatic carbocycles. The number of hydrogen-bond acceptors (Lipinski definition) is 5. The summed E-state index contributed by atoms with van der Waals surface area (Å²) in [5.41, 5.74) is 5.16. The number of nitrogens with one attached hydrogen (secondary N) is 1. The summed E-state index contributed by atoms with van der Waals surface area (Å²) in [7, 11) is 0. The molecule has 2 aliphatic rings. The summed E-state index contributed by atoms with van der Waals surface area (Å²) in [6.07, 6.45) is 0. The number of fused-ring (bicyclic) bond motifs is 1. The summed E-state index contributed by atoms with van der Waals surface area (Å²) in [6, 6.07) is 16.2. The molecule has 2 aliphatic heterocycles. The molecular weight excluding hydrogens is 440 g/mol. The summed E-state index contributed by atoms with van der Waals surface area (Å²) in [5, 5.41) is 3.73. The first kappa shape index (κ1) is 21.1. The lowest BCUT2D eigenvalue weighted by Gasteiger charge is -2.16. The maximum absolute atomic E-state index is 13.7. The number of aryl methyl sites for hydroxylation is 3. The Hall–Kier alpha value is -3.77. The maximum atomic E-state index is 13.7. The van der Waals surface area contributed by atoms with Gasteiger partial charge < -0.3 is 14.8 Å². The van der Waals surface area contributed by atoms with Crippen molar-refractivity contribution in [1.82, 2.24) is 0 Å². The largest absolute Gasteiger partial charge is 0.454 e. The number of carbonyl (C=O) groups excluding carboxylic acids is 2. The van der Waals surface area contributed by atoms with Gasteiger partial charge in [0.2, 0.25) is 6.79 Å². The van der Waals surface area contributed by atoms with E-state index in [1.165, 1.54) is 4.90 Å². The van der Waals surface area contributed by atoms with E-state index in [0.29, 0.717) is 39.0 Å². The van der Waals surface area contributed by atoms with Crippen molar-refractivity contribution in [2.45, 2.75) is 20.8 Å². The number of halogens is 1. The summed E-state index contributed by atoms with van der Waals surface area (Å²) in [4.78, 5) is 28.5. The van der Waals surface area contributed by atoms with E-state index in [9.17, 15) is 9.59 Å². The summed E-state index contributed by atoms with van der Waals surface area (Å²) >= 11 is 6.20. The molecule has 0 atom stereocenters. The highest BCUT2D eigenvalue weighted by atomic mass is 35.5. The Morgan fingerprint density at radius 2 is 1.64 bits per heavy atom. The van der Waals surface area contributed by atoms with Crippen molar-refractivity contribution < 1.29 is 19.1 Å². The molecule has 6 nitrogen and oxygen atoms in total. The van der Waals surface area contributed by atoms with Crippen molar-refractivity contribution in [3.8, 4) is 11.5 Å². The van der Waals surface area contributed by atoms with Crippen molar-refractivity contribution in [1.29, 1.82) is 0 Å².